The molecule has 3 heterocycles. The lowest BCUT2D eigenvalue weighted by Crippen LogP contribution is -2.42. The lowest BCUT2D eigenvalue weighted by molar-refractivity contribution is -0.364. The Morgan fingerprint density at radius 1 is 1.20 bits per heavy atom. The quantitative estimate of drug-likeness (QED) is 0.828. The highest BCUT2D eigenvalue weighted by molar-refractivity contribution is 5.98. The van der Waals surface area contributed by atoms with Crippen molar-refractivity contribution in [1.29, 1.82) is 0 Å². The lowest BCUT2D eigenvalue weighted by atomic mass is 10.0. The zero-order chi connectivity index (χ0) is 13.9. The third kappa shape index (κ3) is 2.51. The van der Waals surface area contributed by atoms with Gasteiger partial charge in [-0.15, -0.1) is 0 Å². The molecule has 4 heteroatoms. The van der Waals surface area contributed by atoms with Gasteiger partial charge in [0.2, 0.25) is 0 Å². The Morgan fingerprint density at radius 2 is 1.95 bits per heavy atom. The van der Waals surface area contributed by atoms with E-state index in [1.165, 1.54) is 19.3 Å². The molecule has 108 valence electrons. The summed E-state index contributed by atoms with van der Waals surface area (Å²) in [5.41, 5.74) is 0.836. The van der Waals surface area contributed by atoms with Gasteiger partial charge in [0.1, 0.15) is 5.56 Å². The summed E-state index contributed by atoms with van der Waals surface area (Å²) in [7, 11) is 0. The minimum Gasteiger partial charge on any atom is -0.338 e. The van der Waals surface area contributed by atoms with Crippen molar-refractivity contribution in [2.75, 3.05) is 24.5 Å². The number of nitrogens with one attached hydrogen (secondary N) is 1. The Kier molecular flexibility index (Phi) is 3.90. The summed E-state index contributed by atoms with van der Waals surface area (Å²) in [6.45, 7) is 5.11. The number of rotatable bonds is 2. The number of pyridine rings is 1. The monoisotopic (exact) mass is 274 g/mol. The zero-order valence-electron chi connectivity index (χ0n) is 12.3. The zero-order valence-corrected chi connectivity index (χ0v) is 12.3. The molecule has 3 rings (SSSR count). The van der Waals surface area contributed by atoms with Gasteiger partial charge in [-0.05, 0) is 51.2 Å². The van der Waals surface area contributed by atoms with E-state index in [9.17, 15) is 4.79 Å². The summed E-state index contributed by atoms with van der Waals surface area (Å²) in [5, 5.41) is 0. The van der Waals surface area contributed by atoms with Crippen molar-refractivity contribution < 1.29 is 9.78 Å². The molecule has 2 aliphatic heterocycles. The highest BCUT2D eigenvalue weighted by Gasteiger charge is 2.32. The van der Waals surface area contributed by atoms with Gasteiger partial charge < -0.3 is 4.90 Å². The Hall–Kier alpha value is -1.58. The number of likely N-dealkylation sites (tertiary alicyclic amines) is 1. The molecular weight excluding hydrogens is 250 g/mol. The summed E-state index contributed by atoms with van der Waals surface area (Å²) in [4.78, 5) is 20.4. The number of H-pyrrole nitrogens is 1. The maximum absolute atomic E-state index is 12.7. The number of anilines is 1. The molecule has 2 aliphatic rings. The van der Waals surface area contributed by atoms with Gasteiger partial charge in [-0.2, -0.15) is 0 Å². The van der Waals surface area contributed by atoms with Gasteiger partial charge in [0.15, 0.2) is 0 Å². The summed E-state index contributed by atoms with van der Waals surface area (Å²) in [5.74, 6) is 1.20. The third-order valence-electron chi connectivity index (χ3n) is 4.55. The second-order valence-corrected chi connectivity index (χ2v) is 5.97. The normalized spacial score (nSPS) is 23.1. The average Bonchev–Trinajstić information content (AvgIpc) is 3.01. The molecule has 1 atom stereocenters. The van der Waals surface area contributed by atoms with E-state index >= 15 is 0 Å². The van der Waals surface area contributed by atoms with Crippen molar-refractivity contribution in [2.45, 2.75) is 45.1 Å². The van der Waals surface area contributed by atoms with Crippen molar-refractivity contribution in [3.63, 3.8) is 0 Å². The van der Waals surface area contributed by atoms with E-state index in [-0.39, 0.29) is 5.91 Å². The molecule has 0 bridgehead atoms. The fourth-order valence-corrected chi connectivity index (χ4v) is 3.36. The predicted octanol–water partition coefficient (Wildman–Crippen LogP) is 2.12. The molecule has 1 aromatic heterocycles. The summed E-state index contributed by atoms with van der Waals surface area (Å²) < 4.78 is 0. The molecule has 0 aromatic carbocycles. The van der Waals surface area contributed by atoms with Crippen LogP contribution in [-0.4, -0.2) is 36.5 Å². The average molecular weight is 274 g/mol. The molecule has 0 unspecified atom stereocenters. The van der Waals surface area contributed by atoms with E-state index < -0.39 is 0 Å². The first-order valence-electron chi connectivity index (χ1n) is 7.84. The van der Waals surface area contributed by atoms with Crippen LogP contribution in [0.5, 0.6) is 0 Å². The Balaban J connectivity index is 1.89. The van der Waals surface area contributed by atoms with Crippen LogP contribution in [0.2, 0.25) is 0 Å². The molecule has 2 fully saturated rings. The van der Waals surface area contributed by atoms with Gasteiger partial charge in [0, 0.05) is 13.1 Å². The standard InChI is InChI=1S/C16H23N3O/c1-13-7-2-3-12-19(13)15-14(8-6-9-17-15)16(20)18-10-4-5-11-18/h6,8-9,13H,2-5,7,10-12H2,1H3/p+1/t13-/m1/s1. The first-order valence-corrected chi connectivity index (χ1v) is 7.84. The lowest BCUT2D eigenvalue weighted by Gasteiger charge is -2.29. The highest BCUT2D eigenvalue weighted by Crippen LogP contribution is 2.25. The van der Waals surface area contributed by atoms with Crippen molar-refractivity contribution in [1.82, 2.24) is 4.90 Å². The molecule has 0 radical (unpaired) electrons. The molecule has 2 saturated heterocycles. The number of aromatic nitrogens is 1. The molecular formula is C16H24N3O+. The number of carbonyl (C=O) groups is 1. The number of nitrogens with zero attached hydrogens (tertiary/aromatic N) is 2. The SMILES string of the molecule is C[C@@H]1CCCCN1c1[nH+]cccc1C(=O)N1CCCC1. The Morgan fingerprint density at radius 3 is 2.70 bits per heavy atom. The molecule has 0 spiro atoms. The van der Waals surface area contributed by atoms with Crippen LogP contribution >= 0.6 is 0 Å². The van der Waals surface area contributed by atoms with Crippen LogP contribution in [0.4, 0.5) is 5.82 Å². The van der Waals surface area contributed by atoms with E-state index in [2.05, 4.69) is 16.8 Å². The van der Waals surface area contributed by atoms with Crippen LogP contribution < -0.4 is 9.88 Å². The topological polar surface area (TPSA) is 37.7 Å². The smallest absolute Gasteiger partial charge is 0.287 e. The van der Waals surface area contributed by atoms with Gasteiger partial charge in [0.25, 0.3) is 11.7 Å². The minimum absolute atomic E-state index is 0.187. The van der Waals surface area contributed by atoms with E-state index in [4.69, 9.17) is 0 Å². The van der Waals surface area contributed by atoms with Crippen LogP contribution in [0.15, 0.2) is 18.3 Å². The first-order chi connectivity index (χ1) is 9.77. The molecule has 1 aromatic rings. The maximum atomic E-state index is 12.7. The Labute approximate surface area is 120 Å². The fourth-order valence-electron chi connectivity index (χ4n) is 3.36. The minimum atomic E-state index is 0.187. The number of amides is 1. The largest absolute Gasteiger partial charge is 0.338 e. The fraction of sp³-hybridized carbons (Fsp3) is 0.625. The molecule has 0 saturated carbocycles. The van der Waals surface area contributed by atoms with Crippen LogP contribution in [0.1, 0.15) is 49.4 Å². The van der Waals surface area contributed by atoms with Crippen LogP contribution in [-0.2, 0) is 0 Å². The van der Waals surface area contributed by atoms with Crippen molar-refractivity contribution in [3.05, 3.63) is 23.9 Å². The summed E-state index contributed by atoms with van der Waals surface area (Å²) in [6, 6.07) is 4.41. The van der Waals surface area contributed by atoms with Crippen LogP contribution in [0.25, 0.3) is 0 Å². The van der Waals surface area contributed by atoms with Crippen LogP contribution in [0, 0.1) is 0 Å². The number of piperidine rings is 1. The first kappa shape index (κ1) is 13.4. The van der Waals surface area contributed by atoms with Gasteiger partial charge in [-0.25, -0.2) is 4.98 Å². The molecule has 1 N–H and O–H groups in total. The van der Waals surface area contributed by atoms with E-state index in [0.717, 1.165) is 43.9 Å². The van der Waals surface area contributed by atoms with Gasteiger partial charge in [0.05, 0.1) is 18.8 Å². The van der Waals surface area contributed by atoms with Crippen molar-refractivity contribution >= 4 is 11.7 Å². The second-order valence-electron chi connectivity index (χ2n) is 5.97. The van der Waals surface area contributed by atoms with Gasteiger partial charge >= 0.3 is 0 Å². The summed E-state index contributed by atoms with van der Waals surface area (Å²) in [6.07, 6.45) is 7.91. The number of aromatic amines is 1. The molecule has 0 aliphatic carbocycles. The third-order valence-corrected chi connectivity index (χ3v) is 4.55. The number of hydrogen-bond donors (Lipinski definition) is 0. The van der Waals surface area contributed by atoms with Gasteiger partial charge in [-0.3, -0.25) is 9.69 Å². The molecule has 20 heavy (non-hydrogen) atoms. The van der Waals surface area contributed by atoms with Crippen LogP contribution in [0.3, 0.4) is 0 Å². The van der Waals surface area contributed by atoms with Crippen molar-refractivity contribution in [2.24, 2.45) is 0 Å². The highest BCUT2D eigenvalue weighted by atomic mass is 16.2. The van der Waals surface area contributed by atoms with Gasteiger partial charge in [-0.1, -0.05) is 0 Å². The second kappa shape index (κ2) is 5.81. The predicted molar refractivity (Wildman–Crippen MR) is 78.8 cm³/mol. The Bertz CT molecular complexity index is 482. The van der Waals surface area contributed by atoms with Crippen molar-refractivity contribution in [3.8, 4) is 0 Å². The van der Waals surface area contributed by atoms with E-state index in [1.54, 1.807) is 0 Å². The summed E-state index contributed by atoms with van der Waals surface area (Å²) >= 11 is 0. The number of carbonyl (C=O) groups excluding carboxylic acids is 1. The van der Waals surface area contributed by atoms with E-state index in [0.29, 0.717) is 6.04 Å². The number of hydrogen-bond acceptors (Lipinski definition) is 2. The molecule has 1 amide bonds. The van der Waals surface area contributed by atoms with E-state index in [1.807, 2.05) is 23.2 Å². The maximum Gasteiger partial charge on any atom is 0.287 e. The molecule has 4 nitrogen and oxygen atoms in total.